The zero-order valence-electron chi connectivity index (χ0n) is 10.2. The molecule has 7 heteroatoms. The van der Waals surface area contributed by atoms with Crippen LogP contribution in [0.25, 0.3) is 0 Å². The summed E-state index contributed by atoms with van der Waals surface area (Å²) in [4.78, 5) is 27.5. The van der Waals surface area contributed by atoms with E-state index in [9.17, 15) is 9.59 Å². The molecule has 0 radical (unpaired) electrons. The second kappa shape index (κ2) is 4.75. The van der Waals surface area contributed by atoms with Gasteiger partial charge >= 0.3 is 0 Å². The summed E-state index contributed by atoms with van der Waals surface area (Å²) >= 11 is 3.34. The minimum Gasteiger partial charge on any atom is -0.367 e. The molecule has 0 aliphatic carbocycles. The quantitative estimate of drug-likeness (QED) is 0.723. The molecule has 2 rings (SSSR count). The largest absolute Gasteiger partial charge is 0.367 e. The van der Waals surface area contributed by atoms with Gasteiger partial charge in [-0.15, -0.1) is 0 Å². The average Bonchev–Trinajstić information content (AvgIpc) is 2.78. The summed E-state index contributed by atoms with van der Waals surface area (Å²) in [6, 6.07) is 5.39. The number of primary amides is 2. The van der Waals surface area contributed by atoms with Gasteiger partial charge in [-0.2, -0.15) is 0 Å². The van der Waals surface area contributed by atoms with Gasteiger partial charge in [0, 0.05) is 4.47 Å². The van der Waals surface area contributed by atoms with E-state index >= 15 is 0 Å². The highest BCUT2D eigenvalue weighted by Gasteiger charge is 2.49. The Morgan fingerprint density at radius 2 is 2.11 bits per heavy atom. The number of nitrogens with one attached hydrogen (secondary N) is 1. The first-order chi connectivity index (χ1) is 8.89. The molecule has 0 aromatic heterocycles. The van der Waals surface area contributed by atoms with E-state index in [-0.39, 0.29) is 12.4 Å². The molecule has 1 unspecified atom stereocenters. The first kappa shape index (κ1) is 13.7. The molecule has 100 valence electrons. The molecular formula is C12H13BrN4O2. The number of nitrogens with two attached hydrogens (primary N) is 2. The van der Waals surface area contributed by atoms with Crippen LogP contribution in [0.3, 0.4) is 0 Å². The zero-order chi connectivity index (χ0) is 14.2. The Morgan fingerprint density at radius 3 is 2.68 bits per heavy atom. The van der Waals surface area contributed by atoms with Gasteiger partial charge in [0.05, 0.1) is 6.67 Å². The maximum absolute atomic E-state index is 12.0. The molecule has 0 saturated carbocycles. The molecule has 19 heavy (non-hydrogen) atoms. The van der Waals surface area contributed by atoms with E-state index in [0.29, 0.717) is 5.56 Å². The van der Waals surface area contributed by atoms with Crippen molar-refractivity contribution in [2.45, 2.75) is 12.5 Å². The van der Waals surface area contributed by atoms with E-state index in [0.717, 1.165) is 10.0 Å². The smallest absolute Gasteiger partial charge is 0.265 e. The maximum atomic E-state index is 12.0. The SMILES string of the molecule is Cc1ccc(Br)cc1C1(C(N)=O)NCN=C1C(N)=O. The van der Waals surface area contributed by atoms with Crippen molar-refractivity contribution in [3.63, 3.8) is 0 Å². The summed E-state index contributed by atoms with van der Waals surface area (Å²) in [5.41, 5.74) is 10.7. The fourth-order valence-corrected chi connectivity index (χ4v) is 2.62. The van der Waals surface area contributed by atoms with Crippen molar-refractivity contribution in [2.24, 2.45) is 16.5 Å². The summed E-state index contributed by atoms with van der Waals surface area (Å²) in [7, 11) is 0. The number of hydrogen-bond donors (Lipinski definition) is 3. The summed E-state index contributed by atoms with van der Waals surface area (Å²) in [6.07, 6.45) is 0. The van der Waals surface area contributed by atoms with Crippen molar-refractivity contribution in [1.29, 1.82) is 0 Å². The van der Waals surface area contributed by atoms with Gasteiger partial charge in [-0.05, 0) is 30.2 Å². The molecule has 1 atom stereocenters. The first-order valence-corrected chi connectivity index (χ1v) is 6.35. The molecule has 2 amide bonds. The third-order valence-electron chi connectivity index (χ3n) is 3.14. The van der Waals surface area contributed by atoms with Gasteiger partial charge in [0.25, 0.3) is 5.91 Å². The Morgan fingerprint density at radius 1 is 1.42 bits per heavy atom. The molecule has 6 nitrogen and oxygen atoms in total. The maximum Gasteiger partial charge on any atom is 0.265 e. The van der Waals surface area contributed by atoms with Crippen LogP contribution in [0, 0.1) is 6.92 Å². The van der Waals surface area contributed by atoms with Crippen LogP contribution in [0.4, 0.5) is 0 Å². The van der Waals surface area contributed by atoms with Crippen LogP contribution >= 0.6 is 15.9 Å². The lowest BCUT2D eigenvalue weighted by atomic mass is 9.82. The van der Waals surface area contributed by atoms with Crippen LogP contribution in [0.5, 0.6) is 0 Å². The molecule has 0 saturated heterocycles. The summed E-state index contributed by atoms with van der Waals surface area (Å²) in [5.74, 6) is -1.47. The summed E-state index contributed by atoms with van der Waals surface area (Å²) in [5, 5.41) is 2.89. The van der Waals surface area contributed by atoms with Crippen LogP contribution in [-0.2, 0) is 15.1 Å². The van der Waals surface area contributed by atoms with Gasteiger partial charge in [-0.25, -0.2) is 0 Å². The zero-order valence-corrected chi connectivity index (χ0v) is 11.8. The van der Waals surface area contributed by atoms with E-state index in [1.807, 2.05) is 19.1 Å². The molecule has 1 aromatic rings. The summed E-state index contributed by atoms with van der Waals surface area (Å²) < 4.78 is 0.770. The predicted molar refractivity (Wildman–Crippen MR) is 74.4 cm³/mol. The van der Waals surface area contributed by atoms with Gasteiger partial charge < -0.3 is 11.5 Å². The van der Waals surface area contributed by atoms with Crippen LogP contribution in [-0.4, -0.2) is 24.2 Å². The molecule has 0 fully saturated rings. The van der Waals surface area contributed by atoms with Gasteiger partial charge in [-0.3, -0.25) is 19.9 Å². The molecule has 5 N–H and O–H groups in total. The first-order valence-electron chi connectivity index (χ1n) is 5.56. The topological polar surface area (TPSA) is 111 Å². The third kappa shape index (κ3) is 2.04. The van der Waals surface area contributed by atoms with Crippen LogP contribution in [0.1, 0.15) is 11.1 Å². The van der Waals surface area contributed by atoms with Crippen LogP contribution in [0.15, 0.2) is 27.7 Å². The number of halogens is 1. The summed E-state index contributed by atoms with van der Waals surface area (Å²) in [6.45, 7) is 1.94. The lowest BCUT2D eigenvalue weighted by molar-refractivity contribution is -0.123. The Labute approximate surface area is 118 Å². The Hall–Kier alpha value is -1.73. The second-order valence-electron chi connectivity index (χ2n) is 4.28. The van der Waals surface area contributed by atoms with Gasteiger partial charge in [0.15, 0.2) is 5.54 Å². The minimum atomic E-state index is -1.46. The van der Waals surface area contributed by atoms with Crippen molar-refractivity contribution in [1.82, 2.24) is 5.32 Å². The van der Waals surface area contributed by atoms with E-state index in [1.165, 1.54) is 0 Å². The number of aliphatic imine (C=N–C) groups is 1. The average molecular weight is 325 g/mol. The highest BCUT2D eigenvalue weighted by Crippen LogP contribution is 2.31. The van der Waals surface area contributed by atoms with Gasteiger partial charge in [-0.1, -0.05) is 22.0 Å². The van der Waals surface area contributed by atoms with Crippen molar-refractivity contribution in [3.05, 3.63) is 33.8 Å². The van der Waals surface area contributed by atoms with E-state index in [1.54, 1.807) is 6.07 Å². The number of carbonyl (C=O) groups is 2. The van der Waals surface area contributed by atoms with Gasteiger partial charge in [0.2, 0.25) is 5.91 Å². The fourth-order valence-electron chi connectivity index (χ4n) is 2.26. The molecule has 1 aromatic carbocycles. The molecule has 1 heterocycles. The van der Waals surface area contributed by atoms with Gasteiger partial charge in [0.1, 0.15) is 5.71 Å². The molecule has 1 aliphatic heterocycles. The van der Waals surface area contributed by atoms with Crippen molar-refractivity contribution in [3.8, 4) is 0 Å². The van der Waals surface area contributed by atoms with E-state index in [2.05, 4.69) is 26.2 Å². The highest BCUT2D eigenvalue weighted by molar-refractivity contribution is 9.10. The second-order valence-corrected chi connectivity index (χ2v) is 5.20. The Kier molecular flexibility index (Phi) is 3.42. The minimum absolute atomic E-state index is 0.0544. The standard InChI is InChI=1S/C12H13BrN4O2/c1-6-2-3-7(13)4-8(6)12(11(15)19)9(10(14)18)16-5-17-12/h2-4,17H,5H2,1H3,(H2,14,18)(H2,15,19). The Bertz CT molecular complexity index is 599. The van der Waals surface area contributed by atoms with Crippen molar-refractivity contribution >= 4 is 33.5 Å². The number of rotatable bonds is 3. The fraction of sp³-hybridized carbons (Fsp3) is 0.250. The number of nitrogens with zero attached hydrogens (tertiary/aromatic N) is 1. The number of hydrogen-bond acceptors (Lipinski definition) is 4. The molecular weight excluding hydrogens is 312 g/mol. The lowest BCUT2D eigenvalue weighted by Gasteiger charge is -2.28. The lowest BCUT2D eigenvalue weighted by Crippen LogP contribution is -2.58. The number of carbonyl (C=O) groups excluding carboxylic acids is 2. The van der Waals surface area contributed by atoms with Crippen molar-refractivity contribution in [2.75, 3.05) is 6.67 Å². The number of benzene rings is 1. The molecule has 1 aliphatic rings. The van der Waals surface area contributed by atoms with E-state index < -0.39 is 17.4 Å². The number of aryl methyl sites for hydroxylation is 1. The normalized spacial score (nSPS) is 22.1. The third-order valence-corrected chi connectivity index (χ3v) is 3.64. The van der Waals surface area contributed by atoms with Crippen LogP contribution in [0.2, 0.25) is 0 Å². The number of amides is 2. The van der Waals surface area contributed by atoms with Crippen LogP contribution < -0.4 is 16.8 Å². The Balaban J connectivity index is 2.71. The monoisotopic (exact) mass is 324 g/mol. The molecule has 0 bridgehead atoms. The van der Waals surface area contributed by atoms with Crippen molar-refractivity contribution < 1.29 is 9.59 Å². The van der Waals surface area contributed by atoms with E-state index in [4.69, 9.17) is 11.5 Å². The highest BCUT2D eigenvalue weighted by atomic mass is 79.9. The molecule has 0 spiro atoms. The predicted octanol–water partition coefficient (Wildman–Crippen LogP) is -0.0749.